The lowest BCUT2D eigenvalue weighted by Crippen LogP contribution is -2.39. The van der Waals surface area contributed by atoms with E-state index in [1.807, 2.05) is 38.1 Å². The normalized spacial score (nSPS) is 13.0. The van der Waals surface area contributed by atoms with Crippen molar-refractivity contribution < 1.29 is 18.6 Å². The van der Waals surface area contributed by atoms with Gasteiger partial charge in [0.1, 0.15) is 17.4 Å². The molecule has 2 rings (SSSR count). The number of aliphatic hydroxyl groups is 1. The van der Waals surface area contributed by atoms with E-state index in [0.717, 1.165) is 17.7 Å². The molecule has 5 heteroatoms. The first-order chi connectivity index (χ1) is 10.9. The molecular weight excluding hydrogens is 300 g/mol. The van der Waals surface area contributed by atoms with Gasteiger partial charge >= 0.3 is 0 Å². The number of benzene rings is 2. The van der Waals surface area contributed by atoms with E-state index in [1.165, 1.54) is 6.07 Å². The number of ether oxygens (including phenoxy) is 1. The standard InChI is InChI=1S/C18H21F2NO2/c1-18(2,12-7-4-5-10-16(12)23-3)21-11-15(22)17-13(19)8-6-9-14(17)20/h4-10,15,21-22H,11H2,1-3H3. The molecule has 0 saturated heterocycles. The van der Waals surface area contributed by atoms with Crippen molar-refractivity contribution in [1.29, 1.82) is 0 Å². The van der Waals surface area contributed by atoms with E-state index in [-0.39, 0.29) is 12.1 Å². The predicted molar refractivity (Wildman–Crippen MR) is 85.3 cm³/mol. The molecule has 2 N–H and O–H groups in total. The Morgan fingerprint density at radius 2 is 1.70 bits per heavy atom. The van der Waals surface area contributed by atoms with Crippen LogP contribution in [0.4, 0.5) is 8.78 Å². The number of aliphatic hydroxyl groups excluding tert-OH is 1. The minimum atomic E-state index is -1.29. The molecule has 2 aromatic rings. The van der Waals surface area contributed by atoms with Gasteiger partial charge in [-0.1, -0.05) is 24.3 Å². The third kappa shape index (κ3) is 3.86. The van der Waals surface area contributed by atoms with E-state index in [2.05, 4.69) is 5.32 Å². The molecular formula is C18H21F2NO2. The van der Waals surface area contributed by atoms with Gasteiger partial charge in [-0.25, -0.2) is 8.78 Å². The molecule has 0 aliphatic rings. The second kappa shape index (κ2) is 7.06. The molecule has 0 amide bonds. The Bertz CT molecular complexity index is 654. The Morgan fingerprint density at radius 1 is 1.09 bits per heavy atom. The van der Waals surface area contributed by atoms with Crippen molar-refractivity contribution in [2.45, 2.75) is 25.5 Å². The van der Waals surface area contributed by atoms with Gasteiger partial charge in [-0.15, -0.1) is 0 Å². The fraction of sp³-hybridized carbons (Fsp3) is 0.333. The van der Waals surface area contributed by atoms with E-state index >= 15 is 0 Å². The Morgan fingerprint density at radius 3 is 2.30 bits per heavy atom. The Balaban J connectivity index is 2.16. The molecule has 0 saturated carbocycles. The largest absolute Gasteiger partial charge is 0.496 e. The van der Waals surface area contributed by atoms with Crippen LogP contribution < -0.4 is 10.1 Å². The first-order valence-electron chi connectivity index (χ1n) is 7.37. The van der Waals surface area contributed by atoms with Crippen LogP contribution in [-0.4, -0.2) is 18.8 Å². The number of para-hydroxylation sites is 1. The van der Waals surface area contributed by atoms with E-state index in [1.54, 1.807) is 7.11 Å². The number of methoxy groups -OCH3 is 1. The Labute approximate surface area is 134 Å². The van der Waals surface area contributed by atoms with Gasteiger partial charge in [-0.05, 0) is 32.0 Å². The topological polar surface area (TPSA) is 41.5 Å². The molecule has 0 heterocycles. The van der Waals surface area contributed by atoms with Crippen LogP contribution >= 0.6 is 0 Å². The van der Waals surface area contributed by atoms with E-state index in [4.69, 9.17) is 4.74 Å². The van der Waals surface area contributed by atoms with Crippen molar-refractivity contribution in [3.05, 3.63) is 65.2 Å². The highest BCUT2D eigenvalue weighted by molar-refractivity contribution is 5.38. The minimum absolute atomic E-state index is 0.00288. The molecule has 1 unspecified atom stereocenters. The molecule has 124 valence electrons. The van der Waals surface area contributed by atoms with Gasteiger partial charge in [0.25, 0.3) is 0 Å². The van der Waals surface area contributed by atoms with Crippen LogP contribution in [0.25, 0.3) is 0 Å². The van der Waals surface area contributed by atoms with Crippen LogP contribution in [0.2, 0.25) is 0 Å². The highest BCUT2D eigenvalue weighted by Crippen LogP contribution is 2.30. The van der Waals surface area contributed by atoms with Gasteiger partial charge in [0.15, 0.2) is 0 Å². The minimum Gasteiger partial charge on any atom is -0.496 e. The maximum atomic E-state index is 13.7. The zero-order valence-corrected chi connectivity index (χ0v) is 13.4. The van der Waals surface area contributed by atoms with Gasteiger partial charge in [0.05, 0.1) is 18.8 Å². The summed E-state index contributed by atoms with van der Waals surface area (Å²) in [5, 5.41) is 13.3. The summed E-state index contributed by atoms with van der Waals surface area (Å²) < 4.78 is 32.8. The lowest BCUT2D eigenvalue weighted by molar-refractivity contribution is 0.151. The molecule has 0 spiro atoms. The second-order valence-corrected chi connectivity index (χ2v) is 5.86. The van der Waals surface area contributed by atoms with Crippen LogP contribution in [0, 0.1) is 11.6 Å². The molecule has 0 aromatic heterocycles. The molecule has 0 bridgehead atoms. The van der Waals surface area contributed by atoms with Gasteiger partial charge in [-0.2, -0.15) is 0 Å². The van der Waals surface area contributed by atoms with E-state index in [9.17, 15) is 13.9 Å². The quantitative estimate of drug-likeness (QED) is 0.855. The zero-order valence-electron chi connectivity index (χ0n) is 13.4. The molecule has 23 heavy (non-hydrogen) atoms. The summed E-state index contributed by atoms with van der Waals surface area (Å²) in [4.78, 5) is 0. The summed E-state index contributed by atoms with van der Waals surface area (Å²) in [5.74, 6) is -0.805. The SMILES string of the molecule is COc1ccccc1C(C)(C)NCC(O)c1c(F)cccc1F. The highest BCUT2D eigenvalue weighted by atomic mass is 19.1. The molecule has 0 aliphatic heterocycles. The van der Waals surface area contributed by atoms with Crippen LogP contribution in [0.15, 0.2) is 42.5 Å². The first-order valence-corrected chi connectivity index (χ1v) is 7.37. The van der Waals surface area contributed by atoms with Crippen LogP contribution in [0.1, 0.15) is 31.1 Å². The van der Waals surface area contributed by atoms with E-state index in [0.29, 0.717) is 5.75 Å². The summed E-state index contributed by atoms with van der Waals surface area (Å²) >= 11 is 0. The summed E-state index contributed by atoms with van der Waals surface area (Å²) in [5.41, 5.74) is 0.0227. The van der Waals surface area contributed by atoms with Crippen molar-refractivity contribution in [2.75, 3.05) is 13.7 Å². The van der Waals surface area contributed by atoms with E-state index < -0.39 is 23.3 Å². The molecule has 3 nitrogen and oxygen atoms in total. The zero-order chi connectivity index (χ0) is 17.0. The molecule has 0 aliphatic carbocycles. The predicted octanol–water partition coefficient (Wildman–Crippen LogP) is 3.53. The maximum absolute atomic E-state index is 13.7. The molecule has 1 atom stereocenters. The average Bonchev–Trinajstić information content (AvgIpc) is 2.53. The van der Waals surface area contributed by atoms with Gasteiger partial charge in [-0.3, -0.25) is 0 Å². The van der Waals surface area contributed by atoms with Gasteiger partial charge in [0, 0.05) is 17.6 Å². The molecule has 2 aromatic carbocycles. The lowest BCUT2D eigenvalue weighted by Gasteiger charge is -2.30. The number of hydrogen-bond donors (Lipinski definition) is 2. The second-order valence-electron chi connectivity index (χ2n) is 5.86. The van der Waals surface area contributed by atoms with Gasteiger partial charge < -0.3 is 15.2 Å². The monoisotopic (exact) mass is 321 g/mol. The summed E-state index contributed by atoms with van der Waals surface area (Å²) in [6, 6.07) is 11.0. The van der Waals surface area contributed by atoms with Crippen LogP contribution in [-0.2, 0) is 5.54 Å². The number of hydrogen-bond acceptors (Lipinski definition) is 3. The number of halogens is 2. The first kappa shape index (κ1) is 17.4. The maximum Gasteiger partial charge on any atom is 0.131 e. The summed E-state index contributed by atoms with van der Waals surface area (Å²) in [7, 11) is 1.58. The third-order valence-corrected chi connectivity index (χ3v) is 3.85. The molecule has 0 radical (unpaired) electrons. The van der Waals surface area contributed by atoms with Gasteiger partial charge in [0.2, 0.25) is 0 Å². The van der Waals surface area contributed by atoms with Crippen LogP contribution in [0.3, 0.4) is 0 Å². The number of rotatable bonds is 6. The summed E-state index contributed by atoms with van der Waals surface area (Å²) in [6.45, 7) is 3.83. The van der Waals surface area contributed by atoms with Crippen molar-refractivity contribution in [2.24, 2.45) is 0 Å². The van der Waals surface area contributed by atoms with Crippen molar-refractivity contribution in [3.63, 3.8) is 0 Å². The fourth-order valence-electron chi connectivity index (χ4n) is 2.54. The summed E-state index contributed by atoms with van der Waals surface area (Å²) in [6.07, 6.45) is -1.29. The fourth-order valence-corrected chi connectivity index (χ4v) is 2.54. The van der Waals surface area contributed by atoms with Crippen LogP contribution in [0.5, 0.6) is 5.75 Å². The molecule has 0 fully saturated rings. The van der Waals surface area contributed by atoms with Crippen molar-refractivity contribution in [1.82, 2.24) is 5.32 Å². The Hall–Kier alpha value is -1.98. The van der Waals surface area contributed by atoms with Crippen molar-refractivity contribution >= 4 is 0 Å². The third-order valence-electron chi connectivity index (χ3n) is 3.85. The van der Waals surface area contributed by atoms with Crippen molar-refractivity contribution in [3.8, 4) is 5.75 Å². The number of nitrogens with one attached hydrogen (secondary N) is 1. The average molecular weight is 321 g/mol. The smallest absolute Gasteiger partial charge is 0.131 e. The highest BCUT2D eigenvalue weighted by Gasteiger charge is 2.26. The Kier molecular flexibility index (Phi) is 5.34. The lowest BCUT2D eigenvalue weighted by atomic mass is 9.92.